The van der Waals surface area contributed by atoms with Crippen LogP contribution >= 0.6 is 11.3 Å². The first-order valence-corrected chi connectivity index (χ1v) is 12.7. The Morgan fingerprint density at radius 2 is 1.95 bits per heavy atom. The number of fused-ring (bicyclic) bond motifs is 3. The number of nitrogens with zero attached hydrogens (tertiary/aromatic N) is 4. The van der Waals surface area contributed by atoms with Gasteiger partial charge in [0.15, 0.2) is 11.7 Å². The molecule has 3 atom stereocenters. The lowest BCUT2D eigenvalue weighted by Crippen LogP contribution is -2.70. The number of hydrogen-bond acceptors (Lipinski definition) is 9. The van der Waals surface area contributed by atoms with E-state index in [-0.39, 0.29) is 34.8 Å². The second kappa shape index (κ2) is 9.42. The van der Waals surface area contributed by atoms with E-state index in [0.717, 1.165) is 6.42 Å². The first kappa shape index (κ1) is 26.2. The van der Waals surface area contributed by atoms with Crippen LogP contribution in [0.1, 0.15) is 38.9 Å². The minimum absolute atomic E-state index is 0.0869. The Kier molecular flexibility index (Phi) is 6.50. The molecule has 0 aliphatic carbocycles. The van der Waals surface area contributed by atoms with E-state index in [1.54, 1.807) is 42.1 Å². The maximum absolute atomic E-state index is 14.0. The highest BCUT2D eigenvalue weighted by Crippen LogP contribution is 2.44. The molecule has 14 heteroatoms. The van der Waals surface area contributed by atoms with Crippen LogP contribution in [0.3, 0.4) is 0 Å². The van der Waals surface area contributed by atoms with E-state index in [1.807, 2.05) is 0 Å². The SMILES string of the molecule is CC(C)(C)OC(=O)N1C2CC1CN(c1nc3c(C(OCC(=O)O)C(F)(F)F)ccc(-c4nccs4)c3o1)C2. The van der Waals surface area contributed by atoms with Gasteiger partial charge in [0, 0.05) is 30.2 Å². The standard InChI is InChI=1S/C24H25F3N4O6S/c1-23(2,3)37-22(34)31-12-8-13(31)10-30(9-12)21-29-17-14(19(24(25,26)27)35-11-16(32)33)4-5-15(18(17)36-21)20-28-6-7-38-20/h4-7,12-13,19H,8-11H2,1-3H3,(H,32,33). The Morgan fingerprint density at radius 3 is 2.53 bits per heavy atom. The van der Waals surface area contributed by atoms with Gasteiger partial charge in [0.2, 0.25) is 0 Å². The molecule has 3 saturated heterocycles. The van der Waals surface area contributed by atoms with Crippen molar-refractivity contribution in [2.75, 3.05) is 24.6 Å². The van der Waals surface area contributed by atoms with Crippen molar-refractivity contribution in [3.63, 3.8) is 0 Å². The molecule has 5 heterocycles. The highest BCUT2D eigenvalue weighted by atomic mass is 32.1. The smallest absolute Gasteiger partial charge is 0.418 e. The van der Waals surface area contributed by atoms with Gasteiger partial charge in [-0.05, 0) is 33.3 Å². The monoisotopic (exact) mass is 554 g/mol. The van der Waals surface area contributed by atoms with Crippen molar-refractivity contribution in [2.24, 2.45) is 0 Å². The number of alkyl halides is 3. The van der Waals surface area contributed by atoms with Crippen molar-refractivity contribution in [3.8, 4) is 10.6 Å². The normalized spacial score (nSPS) is 20.4. The number of amides is 1. The average Bonchev–Trinajstić information content (AvgIpc) is 3.47. The Labute approximate surface area is 219 Å². The molecule has 3 aliphatic rings. The van der Waals surface area contributed by atoms with Gasteiger partial charge in [-0.1, -0.05) is 6.07 Å². The van der Waals surface area contributed by atoms with Crippen molar-refractivity contribution in [1.82, 2.24) is 14.9 Å². The van der Waals surface area contributed by atoms with Crippen LogP contribution < -0.4 is 4.90 Å². The second-order valence-corrected chi connectivity index (χ2v) is 11.1. The van der Waals surface area contributed by atoms with Crippen molar-refractivity contribution in [3.05, 3.63) is 29.3 Å². The molecule has 0 saturated carbocycles. The van der Waals surface area contributed by atoms with Gasteiger partial charge in [-0.25, -0.2) is 14.6 Å². The number of benzene rings is 1. The van der Waals surface area contributed by atoms with Crippen LogP contribution in [0.25, 0.3) is 21.7 Å². The van der Waals surface area contributed by atoms with E-state index in [4.69, 9.17) is 19.0 Å². The summed E-state index contributed by atoms with van der Waals surface area (Å²) < 4.78 is 58.2. The number of thiazole rings is 1. The molecule has 204 valence electrons. The van der Waals surface area contributed by atoms with E-state index in [9.17, 15) is 22.8 Å². The zero-order chi connectivity index (χ0) is 27.4. The van der Waals surface area contributed by atoms with Gasteiger partial charge in [-0.3, -0.25) is 4.90 Å². The van der Waals surface area contributed by atoms with Gasteiger partial charge >= 0.3 is 18.2 Å². The lowest BCUT2D eigenvalue weighted by molar-refractivity contribution is -0.224. The van der Waals surface area contributed by atoms with Crippen molar-refractivity contribution < 1.29 is 41.8 Å². The summed E-state index contributed by atoms with van der Waals surface area (Å²) in [6.45, 7) is 4.96. The number of hydrogen-bond donors (Lipinski definition) is 1. The number of ether oxygens (including phenoxy) is 2. The lowest BCUT2D eigenvalue weighted by atomic mass is 9.88. The predicted molar refractivity (Wildman–Crippen MR) is 130 cm³/mol. The number of carbonyl (C=O) groups is 2. The number of oxazole rings is 1. The fourth-order valence-corrected chi connectivity index (χ4v) is 5.44. The highest BCUT2D eigenvalue weighted by molar-refractivity contribution is 7.13. The number of anilines is 1. The number of carboxylic acids is 1. The first-order valence-electron chi connectivity index (χ1n) is 11.8. The molecule has 1 N–H and O–H groups in total. The summed E-state index contributed by atoms with van der Waals surface area (Å²) in [4.78, 5) is 35.7. The zero-order valence-corrected chi connectivity index (χ0v) is 21.5. The number of piperazine rings is 1. The molecule has 0 radical (unpaired) electrons. The maximum Gasteiger partial charge on any atom is 0.418 e. The van der Waals surface area contributed by atoms with Crippen molar-refractivity contribution >= 4 is 40.5 Å². The Balaban J connectivity index is 1.50. The average molecular weight is 555 g/mol. The Bertz CT molecular complexity index is 1340. The van der Waals surface area contributed by atoms with Gasteiger partial charge in [0.05, 0.1) is 17.6 Å². The van der Waals surface area contributed by atoms with Gasteiger partial charge in [0.25, 0.3) is 6.01 Å². The number of aromatic nitrogens is 2. The quantitative estimate of drug-likeness (QED) is 0.456. The number of rotatable bonds is 6. The van der Waals surface area contributed by atoms with Crippen LogP contribution in [-0.4, -0.2) is 75.6 Å². The molecule has 3 aliphatic heterocycles. The van der Waals surface area contributed by atoms with E-state index in [1.165, 1.54) is 23.5 Å². The molecule has 1 aromatic carbocycles. The van der Waals surface area contributed by atoms with Crippen LogP contribution in [0, 0.1) is 0 Å². The third-order valence-corrected chi connectivity index (χ3v) is 7.05. The van der Waals surface area contributed by atoms with Crippen LogP contribution in [0.2, 0.25) is 0 Å². The van der Waals surface area contributed by atoms with Gasteiger partial charge in [-0.2, -0.15) is 18.2 Å². The fourth-order valence-electron chi connectivity index (χ4n) is 4.78. The summed E-state index contributed by atoms with van der Waals surface area (Å²) in [5, 5.41) is 11.2. The maximum atomic E-state index is 14.0. The summed E-state index contributed by atoms with van der Waals surface area (Å²) in [6.07, 6.45) is -5.50. The first-order chi connectivity index (χ1) is 17.8. The van der Waals surface area contributed by atoms with Crippen molar-refractivity contribution in [1.29, 1.82) is 0 Å². The Morgan fingerprint density at radius 1 is 1.24 bits per heavy atom. The number of halogens is 3. The highest BCUT2D eigenvalue weighted by Gasteiger charge is 2.50. The second-order valence-electron chi connectivity index (χ2n) is 10.2. The van der Waals surface area contributed by atoms with Crippen LogP contribution in [0.5, 0.6) is 0 Å². The molecule has 10 nitrogen and oxygen atoms in total. The summed E-state index contributed by atoms with van der Waals surface area (Å²) in [6, 6.07) is 2.44. The zero-order valence-electron chi connectivity index (χ0n) is 20.7. The number of carbonyl (C=O) groups excluding carboxylic acids is 1. The van der Waals surface area contributed by atoms with Crippen LogP contribution in [0.4, 0.5) is 24.0 Å². The number of piperidine rings is 1. The minimum Gasteiger partial charge on any atom is -0.480 e. The van der Waals surface area contributed by atoms with E-state index >= 15 is 0 Å². The van der Waals surface area contributed by atoms with Gasteiger partial charge < -0.3 is 23.9 Å². The minimum atomic E-state index is -4.90. The third-order valence-electron chi connectivity index (χ3n) is 6.25. The topological polar surface area (TPSA) is 118 Å². The summed E-state index contributed by atoms with van der Waals surface area (Å²) in [5.41, 5.74) is -0.551. The summed E-state index contributed by atoms with van der Waals surface area (Å²) >= 11 is 1.28. The fraction of sp³-hybridized carbons (Fsp3) is 0.500. The molecule has 1 amide bonds. The Hall–Kier alpha value is -3.39. The largest absolute Gasteiger partial charge is 0.480 e. The molecule has 6 rings (SSSR count). The van der Waals surface area contributed by atoms with E-state index < -0.39 is 36.6 Å². The van der Waals surface area contributed by atoms with Gasteiger partial charge in [-0.15, -0.1) is 11.3 Å². The molecule has 2 bridgehead atoms. The van der Waals surface area contributed by atoms with E-state index in [0.29, 0.717) is 23.7 Å². The molecule has 3 fully saturated rings. The summed E-state index contributed by atoms with van der Waals surface area (Å²) in [7, 11) is 0. The number of carboxylic acid groups (broad SMARTS) is 1. The molecule has 2 aromatic heterocycles. The lowest BCUT2D eigenvalue weighted by Gasteiger charge is -2.55. The molecular formula is C24H25F3N4O6S. The molecule has 38 heavy (non-hydrogen) atoms. The summed E-state index contributed by atoms with van der Waals surface area (Å²) in [5.74, 6) is -1.53. The third kappa shape index (κ3) is 5.01. The molecular weight excluding hydrogens is 529 g/mol. The van der Waals surface area contributed by atoms with Crippen molar-refractivity contribution in [2.45, 2.75) is 57.2 Å². The predicted octanol–water partition coefficient (Wildman–Crippen LogP) is 4.85. The molecule has 3 aromatic rings. The van der Waals surface area contributed by atoms with E-state index in [2.05, 4.69) is 9.97 Å². The van der Waals surface area contributed by atoms with Gasteiger partial charge in [0.1, 0.15) is 22.7 Å². The number of aliphatic carboxylic acids is 1. The van der Waals surface area contributed by atoms with Crippen LogP contribution in [-0.2, 0) is 14.3 Å². The molecule has 3 unspecified atom stereocenters. The molecule has 0 spiro atoms. The van der Waals surface area contributed by atoms with Crippen LogP contribution in [0.15, 0.2) is 28.1 Å².